The Morgan fingerprint density at radius 1 is 1.29 bits per heavy atom. The van der Waals surface area contributed by atoms with E-state index in [1.165, 1.54) is 6.42 Å². The second kappa shape index (κ2) is 6.80. The molecular formula is C11H20N2O. The molecule has 0 aromatic rings. The van der Waals surface area contributed by atoms with Gasteiger partial charge in [0, 0.05) is 12.6 Å². The van der Waals surface area contributed by atoms with Crippen molar-refractivity contribution < 1.29 is 5.11 Å². The third-order valence-corrected chi connectivity index (χ3v) is 2.92. The van der Waals surface area contributed by atoms with Crippen LogP contribution in [0.15, 0.2) is 0 Å². The molecule has 80 valence electrons. The topological polar surface area (TPSA) is 56.0 Å². The minimum atomic E-state index is 0.229. The quantitative estimate of drug-likeness (QED) is 0.632. The number of hydrogen-bond donors (Lipinski definition) is 2. The van der Waals surface area contributed by atoms with Crippen LogP contribution in [0.2, 0.25) is 0 Å². The Bertz CT molecular complexity index is 188. The number of nitrogens with one attached hydrogen (secondary N) is 1. The lowest BCUT2D eigenvalue weighted by Gasteiger charge is -2.14. The van der Waals surface area contributed by atoms with Gasteiger partial charge in [0.05, 0.1) is 12.0 Å². The van der Waals surface area contributed by atoms with Crippen LogP contribution in [-0.4, -0.2) is 24.3 Å². The lowest BCUT2D eigenvalue weighted by Crippen LogP contribution is -2.32. The van der Waals surface area contributed by atoms with Gasteiger partial charge in [0.1, 0.15) is 0 Å². The van der Waals surface area contributed by atoms with Crippen LogP contribution in [0.4, 0.5) is 0 Å². The number of aliphatic hydroxyl groups is 1. The first kappa shape index (κ1) is 11.5. The maximum Gasteiger partial charge on any atom is 0.0672 e. The first-order chi connectivity index (χ1) is 6.88. The zero-order valence-corrected chi connectivity index (χ0v) is 8.71. The Balaban J connectivity index is 2.03. The average Bonchev–Trinajstić information content (AvgIpc) is 2.65. The fraction of sp³-hybridized carbons (Fsp3) is 0.909. The minimum absolute atomic E-state index is 0.229. The van der Waals surface area contributed by atoms with Gasteiger partial charge in [-0.2, -0.15) is 5.26 Å². The molecule has 3 nitrogen and oxygen atoms in total. The van der Waals surface area contributed by atoms with Crippen LogP contribution in [-0.2, 0) is 0 Å². The van der Waals surface area contributed by atoms with E-state index in [2.05, 4.69) is 11.4 Å². The zero-order chi connectivity index (χ0) is 10.2. The van der Waals surface area contributed by atoms with Crippen molar-refractivity contribution in [2.45, 2.75) is 44.6 Å². The number of rotatable bonds is 6. The van der Waals surface area contributed by atoms with Gasteiger partial charge in [0.2, 0.25) is 0 Å². The summed E-state index contributed by atoms with van der Waals surface area (Å²) in [5.74, 6) is 0.229. The van der Waals surface area contributed by atoms with Crippen molar-refractivity contribution in [3.05, 3.63) is 0 Å². The van der Waals surface area contributed by atoms with Crippen molar-refractivity contribution in [2.75, 3.05) is 13.2 Å². The van der Waals surface area contributed by atoms with Crippen LogP contribution < -0.4 is 5.32 Å². The highest BCUT2D eigenvalue weighted by Crippen LogP contribution is 2.24. The molecule has 0 heterocycles. The summed E-state index contributed by atoms with van der Waals surface area (Å²) in [6.45, 7) is 1.28. The SMILES string of the molecule is N#CC1CCCC1NCCCCCO. The molecule has 0 aliphatic heterocycles. The molecule has 2 N–H and O–H groups in total. The van der Waals surface area contributed by atoms with E-state index in [1.807, 2.05) is 0 Å². The Labute approximate surface area is 86.1 Å². The second-order valence-corrected chi connectivity index (χ2v) is 4.01. The molecule has 1 saturated carbocycles. The van der Waals surface area contributed by atoms with Gasteiger partial charge in [-0.25, -0.2) is 0 Å². The predicted molar refractivity (Wildman–Crippen MR) is 55.7 cm³/mol. The van der Waals surface area contributed by atoms with E-state index in [0.29, 0.717) is 12.6 Å². The predicted octanol–water partition coefficient (Wildman–Crippen LogP) is 1.43. The van der Waals surface area contributed by atoms with Crippen molar-refractivity contribution in [3.63, 3.8) is 0 Å². The van der Waals surface area contributed by atoms with E-state index < -0.39 is 0 Å². The molecule has 3 heteroatoms. The van der Waals surface area contributed by atoms with Gasteiger partial charge in [-0.15, -0.1) is 0 Å². The van der Waals surface area contributed by atoms with Gasteiger partial charge in [0.25, 0.3) is 0 Å². The van der Waals surface area contributed by atoms with E-state index in [-0.39, 0.29) is 5.92 Å². The molecule has 0 bridgehead atoms. The van der Waals surface area contributed by atoms with E-state index in [4.69, 9.17) is 10.4 Å². The Kier molecular flexibility index (Phi) is 5.58. The first-order valence-electron chi connectivity index (χ1n) is 5.62. The smallest absolute Gasteiger partial charge is 0.0672 e. The lowest BCUT2D eigenvalue weighted by molar-refractivity contribution is 0.282. The van der Waals surface area contributed by atoms with E-state index in [1.54, 1.807) is 0 Å². The van der Waals surface area contributed by atoms with E-state index >= 15 is 0 Å². The zero-order valence-electron chi connectivity index (χ0n) is 8.71. The fourth-order valence-electron chi connectivity index (χ4n) is 2.06. The van der Waals surface area contributed by atoms with Crippen molar-refractivity contribution in [1.29, 1.82) is 5.26 Å². The number of nitrogens with zero attached hydrogens (tertiary/aromatic N) is 1. The summed E-state index contributed by atoms with van der Waals surface area (Å²) >= 11 is 0. The summed E-state index contributed by atoms with van der Waals surface area (Å²) in [6.07, 6.45) is 6.48. The second-order valence-electron chi connectivity index (χ2n) is 4.01. The summed E-state index contributed by atoms with van der Waals surface area (Å²) in [5.41, 5.74) is 0. The van der Waals surface area contributed by atoms with Crippen molar-refractivity contribution in [2.24, 2.45) is 5.92 Å². The first-order valence-corrected chi connectivity index (χ1v) is 5.62. The molecule has 1 rings (SSSR count). The molecule has 2 unspecified atom stereocenters. The minimum Gasteiger partial charge on any atom is -0.396 e. The fourth-order valence-corrected chi connectivity index (χ4v) is 2.06. The van der Waals surface area contributed by atoms with Gasteiger partial charge < -0.3 is 10.4 Å². The van der Waals surface area contributed by atoms with Gasteiger partial charge >= 0.3 is 0 Å². The van der Waals surface area contributed by atoms with Gasteiger partial charge in [-0.1, -0.05) is 6.42 Å². The van der Waals surface area contributed by atoms with Crippen LogP contribution in [0.25, 0.3) is 0 Å². The number of nitriles is 1. The van der Waals surface area contributed by atoms with Crippen LogP contribution >= 0.6 is 0 Å². The van der Waals surface area contributed by atoms with E-state index in [0.717, 1.165) is 38.6 Å². The van der Waals surface area contributed by atoms with Crippen LogP contribution in [0, 0.1) is 17.2 Å². The third kappa shape index (κ3) is 3.65. The Morgan fingerprint density at radius 2 is 2.14 bits per heavy atom. The molecule has 1 aliphatic carbocycles. The molecule has 14 heavy (non-hydrogen) atoms. The average molecular weight is 196 g/mol. The molecule has 0 spiro atoms. The Hall–Kier alpha value is -0.590. The third-order valence-electron chi connectivity index (χ3n) is 2.92. The number of hydrogen-bond acceptors (Lipinski definition) is 3. The lowest BCUT2D eigenvalue weighted by atomic mass is 10.1. The Morgan fingerprint density at radius 3 is 2.86 bits per heavy atom. The molecule has 0 amide bonds. The molecule has 0 radical (unpaired) electrons. The number of unbranched alkanes of at least 4 members (excludes halogenated alkanes) is 2. The largest absolute Gasteiger partial charge is 0.396 e. The summed E-state index contributed by atoms with van der Waals surface area (Å²) in [7, 11) is 0. The molecule has 1 aliphatic rings. The van der Waals surface area contributed by atoms with Gasteiger partial charge in [-0.05, 0) is 38.6 Å². The van der Waals surface area contributed by atoms with Crippen LogP contribution in [0.3, 0.4) is 0 Å². The van der Waals surface area contributed by atoms with Crippen LogP contribution in [0.5, 0.6) is 0 Å². The molecular weight excluding hydrogens is 176 g/mol. The maximum absolute atomic E-state index is 8.85. The standard InChI is InChI=1S/C11H20N2O/c12-9-10-5-4-6-11(10)13-7-2-1-3-8-14/h10-11,13-14H,1-8H2. The van der Waals surface area contributed by atoms with Crippen LogP contribution in [0.1, 0.15) is 38.5 Å². The monoisotopic (exact) mass is 196 g/mol. The summed E-state index contributed by atoms with van der Waals surface area (Å²) in [4.78, 5) is 0. The number of aliphatic hydroxyl groups excluding tert-OH is 1. The molecule has 1 fully saturated rings. The van der Waals surface area contributed by atoms with Crippen molar-refractivity contribution >= 4 is 0 Å². The van der Waals surface area contributed by atoms with Gasteiger partial charge in [0.15, 0.2) is 0 Å². The summed E-state index contributed by atoms with van der Waals surface area (Å²) < 4.78 is 0. The van der Waals surface area contributed by atoms with E-state index in [9.17, 15) is 0 Å². The van der Waals surface area contributed by atoms with Crippen molar-refractivity contribution in [1.82, 2.24) is 5.32 Å². The maximum atomic E-state index is 8.85. The highest BCUT2D eigenvalue weighted by Gasteiger charge is 2.25. The molecule has 0 saturated heterocycles. The van der Waals surface area contributed by atoms with Crippen molar-refractivity contribution in [3.8, 4) is 6.07 Å². The highest BCUT2D eigenvalue weighted by atomic mass is 16.2. The highest BCUT2D eigenvalue weighted by molar-refractivity contribution is 4.96. The molecule has 2 atom stereocenters. The molecule has 0 aromatic carbocycles. The normalized spacial score (nSPS) is 26.3. The van der Waals surface area contributed by atoms with Gasteiger partial charge in [-0.3, -0.25) is 0 Å². The summed E-state index contributed by atoms with van der Waals surface area (Å²) in [6, 6.07) is 2.79. The molecule has 0 aromatic heterocycles. The summed E-state index contributed by atoms with van der Waals surface area (Å²) in [5, 5.41) is 20.9.